The minimum atomic E-state index is 0.656. The average molecular weight is 270 g/mol. The van der Waals surface area contributed by atoms with Gasteiger partial charge in [-0.3, -0.25) is 4.79 Å². The molecule has 0 bridgehead atoms. The maximum Gasteiger partial charge on any atom is 0.169 e. The van der Waals surface area contributed by atoms with Gasteiger partial charge in [0, 0.05) is 5.56 Å². The second-order valence-corrected chi connectivity index (χ2v) is 4.53. The molecular formula is C17H18O3. The number of rotatable bonds is 6. The van der Waals surface area contributed by atoms with Gasteiger partial charge in [-0.15, -0.1) is 0 Å². The predicted octanol–water partition coefficient (Wildman–Crippen LogP) is 4.39. The van der Waals surface area contributed by atoms with Crippen LogP contribution < -0.4 is 9.47 Å². The smallest absolute Gasteiger partial charge is 0.169 e. The summed E-state index contributed by atoms with van der Waals surface area (Å²) in [5.41, 5.74) is 1.57. The fourth-order valence-electron chi connectivity index (χ4n) is 1.84. The Hall–Kier alpha value is -2.29. The van der Waals surface area contributed by atoms with Crippen molar-refractivity contribution in [2.45, 2.75) is 20.3 Å². The van der Waals surface area contributed by atoms with Crippen molar-refractivity contribution in [3.63, 3.8) is 0 Å². The van der Waals surface area contributed by atoms with Gasteiger partial charge in [0.15, 0.2) is 11.5 Å². The summed E-state index contributed by atoms with van der Waals surface area (Å²) >= 11 is 0. The van der Waals surface area contributed by atoms with Crippen LogP contribution in [-0.2, 0) is 0 Å². The Kier molecular flexibility index (Phi) is 4.77. The molecule has 0 aliphatic rings. The summed E-state index contributed by atoms with van der Waals surface area (Å²) in [5.74, 6) is 2.10. The van der Waals surface area contributed by atoms with Crippen LogP contribution in [0.5, 0.6) is 17.2 Å². The molecule has 0 aliphatic carbocycles. The number of ether oxygens (including phenoxy) is 2. The third kappa shape index (κ3) is 3.38. The van der Waals surface area contributed by atoms with Crippen LogP contribution in [0.25, 0.3) is 0 Å². The summed E-state index contributed by atoms with van der Waals surface area (Å²) in [6.07, 6.45) is 1.79. The zero-order chi connectivity index (χ0) is 14.4. The second kappa shape index (κ2) is 6.75. The number of carbonyl (C=O) groups excluding carboxylic acids is 1. The van der Waals surface area contributed by atoms with E-state index in [1.54, 1.807) is 12.1 Å². The van der Waals surface area contributed by atoms with E-state index in [1.165, 1.54) is 0 Å². The largest absolute Gasteiger partial charge is 0.490 e. The fourth-order valence-corrected chi connectivity index (χ4v) is 1.84. The number of aryl methyl sites for hydroxylation is 1. The molecule has 0 radical (unpaired) electrons. The molecule has 0 amide bonds. The zero-order valence-corrected chi connectivity index (χ0v) is 11.8. The third-order valence-electron chi connectivity index (χ3n) is 2.91. The molecule has 104 valence electrons. The first-order valence-corrected chi connectivity index (χ1v) is 6.70. The normalized spacial score (nSPS) is 10.1. The van der Waals surface area contributed by atoms with Crippen LogP contribution >= 0.6 is 0 Å². The Labute approximate surface area is 119 Å². The minimum Gasteiger partial charge on any atom is -0.490 e. The van der Waals surface area contributed by atoms with Crippen LogP contribution in [0.15, 0.2) is 42.5 Å². The van der Waals surface area contributed by atoms with Crippen molar-refractivity contribution in [2.75, 3.05) is 6.61 Å². The zero-order valence-electron chi connectivity index (χ0n) is 11.8. The van der Waals surface area contributed by atoms with Crippen LogP contribution in [0.4, 0.5) is 0 Å². The molecule has 2 aromatic rings. The maximum atomic E-state index is 10.8. The van der Waals surface area contributed by atoms with Gasteiger partial charge in [-0.1, -0.05) is 19.1 Å². The van der Waals surface area contributed by atoms with Gasteiger partial charge >= 0.3 is 0 Å². The van der Waals surface area contributed by atoms with Crippen molar-refractivity contribution in [1.82, 2.24) is 0 Å². The lowest BCUT2D eigenvalue weighted by Gasteiger charge is -2.12. The number of hydrogen-bond acceptors (Lipinski definition) is 3. The number of carbonyl (C=O) groups is 1. The van der Waals surface area contributed by atoms with Gasteiger partial charge in [-0.2, -0.15) is 0 Å². The molecule has 2 rings (SSSR count). The van der Waals surface area contributed by atoms with Gasteiger partial charge in [0.2, 0.25) is 0 Å². The van der Waals surface area contributed by atoms with E-state index in [0.717, 1.165) is 24.0 Å². The topological polar surface area (TPSA) is 35.5 Å². The summed E-state index contributed by atoms with van der Waals surface area (Å²) < 4.78 is 11.5. The summed E-state index contributed by atoms with van der Waals surface area (Å²) in [4.78, 5) is 10.8. The standard InChI is InChI=1S/C17H18O3/c1-3-10-19-16-6-4-5-7-17(16)20-15-9-8-14(12-18)13(2)11-15/h4-9,11-12H,3,10H2,1-2H3. The minimum absolute atomic E-state index is 0.656. The number of hydrogen-bond donors (Lipinski definition) is 0. The summed E-state index contributed by atoms with van der Waals surface area (Å²) in [6.45, 7) is 4.60. The fraction of sp³-hybridized carbons (Fsp3) is 0.235. The van der Waals surface area contributed by atoms with Crippen LogP contribution in [0.1, 0.15) is 29.3 Å². The molecule has 0 unspecified atom stereocenters. The lowest BCUT2D eigenvalue weighted by atomic mass is 10.1. The Balaban J connectivity index is 2.21. The van der Waals surface area contributed by atoms with E-state index in [-0.39, 0.29) is 0 Å². The molecule has 0 aromatic heterocycles. The Morgan fingerprint density at radius 2 is 1.85 bits per heavy atom. The average Bonchev–Trinajstić information content (AvgIpc) is 2.46. The van der Waals surface area contributed by atoms with Gasteiger partial charge < -0.3 is 9.47 Å². The van der Waals surface area contributed by atoms with Crippen molar-refractivity contribution >= 4 is 6.29 Å². The highest BCUT2D eigenvalue weighted by Crippen LogP contribution is 2.31. The highest BCUT2D eigenvalue weighted by molar-refractivity contribution is 5.77. The molecule has 3 nitrogen and oxygen atoms in total. The SMILES string of the molecule is CCCOc1ccccc1Oc1ccc(C=O)c(C)c1. The molecule has 3 heteroatoms. The van der Waals surface area contributed by atoms with Gasteiger partial charge in [0.05, 0.1) is 6.61 Å². The van der Waals surface area contributed by atoms with E-state index < -0.39 is 0 Å². The van der Waals surface area contributed by atoms with Crippen LogP contribution in [0.3, 0.4) is 0 Å². The summed E-state index contributed by atoms with van der Waals surface area (Å²) in [7, 11) is 0. The van der Waals surface area contributed by atoms with E-state index in [1.807, 2.05) is 37.3 Å². The van der Waals surface area contributed by atoms with Crippen LogP contribution in [-0.4, -0.2) is 12.9 Å². The lowest BCUT2D eigenvalue weighted by molar-refractivity contribution is 0.112. The molecule has 0 heterocycles. The molecule has 0 saturated heterocycles. The molecule has 0 spiro atoms. The Morgan fingerprint density at radius 3 is 2.50 bits per heavy atom. The highest BCUT2D eigenvalue weighted by atomic mass is 16.5. The molecule has 20 heavy (non-hydrogen) atoms. The van der Waals surface area contributed by atoms with Crippen molar-refractivity contribution in [2.24, 2.45) is 0 Å². The molecule has 0 N–H and O–H groups in total. The maximum absolute atomic E-state index is 10.8. The van der Waals surface area contributed by atoms with Crippen LogP contribution in [0.2, 0.25) is 0 Å². The molecular weight excluding hydrogens is 252 g/mol. The number of benzene rings is 2. The molecule has 2 aromatic carbocycles. The van der Waals surface area contributed by atoms with Crippen LogP contribution in [0, 0.1) is 6.92 Å². The Morgan fingerprint density at radius 1 is 1.10 bits per heavy atom. The third-order valence-corrected chi connectivity index (χ3v) is 2.91. The summed E-state index contributed by atoms with van der Waals surface area (Å²) in [5, 5.41) is 0. The van der Waals surface area contributed by atoms with E-state index in [0.29, 0.717) is 23.7 Å². The number of aldehydes is 1. The lowest BCUT2D eigenvalue weighted by Crippen LogP contribution is -1.97. The highest BCUT2D eigenvalue weighted by Gasteiger charge is 2.06. The Bertz CT molecular complexity index is 591. The van der Waals surface area contributed by atoms with Gasteiger partial charge in [0.1, 0.15) is 12.0 Å². The van der Waals surface area contributed by atoms with Gasteiger partial charge in [0.25, 0.3) is 0 Å². The molecule has 0 atom stereocenters. The van der Waals surface area contributed by atoms with Crippen molar-refractivity contribution in [3.05, 3.63) is 53.6 Å². The predicted molar refractivity (Wildman–Crippen MR) is 78.9 cm³/mol. The van der Waals surface area contributed by atoms with E-state index >= 15 is 0 Å². The first-order chi connectivity index (χ1) is 9.74. The molecule has 0 fully saturated rings. The summed E-state index contributed by atoms with van der Waals surface area (Å²) in [6, 6.07) is 13.0. The van der Waals surface area contributed by atoms with Gasteiger partial charge in [-0.25, -0.2) is 0 Å². The van der Waals surface area contributed by atoms with Crippen molar-refractivity contribution in [1.29, 1.82) is 0 Å². The van der Waals surface area contributed by atoms with E-state index in [9.17, 15) is 4.79 Å². The first-order valence-electron chi connectivity index (χ1n) is 6.70. The van der Waals surface area contributed by atoms with Crippen molar-refractivity contribution < 1.29 is 14.3 Å². The first kappa shape index (κ1) is 14.1. The van der Waals surface area contributed by atoms with E-state index in [2.05, 4.69) is 6.92 Å². The monoisotopic (exact) mass is 270 g/mol. The van der Waals surface area contributed by atoms with E-state index in [4.69, 9.17) is 9.47 Å². The quantitative estimate of drug-likeness (QED) is 0.730. The van der Waals surface area contributed by atoms with Crippen molar-refractivity contribution in [3.8, 4) is 17.2 Å². The molecule has 0 aliphatic heterocycles. The second-order valence-electron chi connectivity index (χ2n) is 4.53. The van der Waals surface area contributed by atoms with Gasteiger partial charge in [-0.05, 0) is 49.2 Å². The number of para-hydroxylation sites is 2. The molecule has 0 saturated carbocycles.